The third-order valence-electron chi connectivity index (χ3n) is 4.19. The number of fused-ring (bicyclic) bond motifs is 1. The molecule has 0 amide bonds. The molecule has 0 fully saturated rings. The van der Waals surface area contributed by atoms with Gasteiger partial charge in [0.25, 0.3) is 5.69 Å². The normalized spacial score (nSPS) is 11.5. The average molecular weight is 340 g/mol. The van der Waals surface area contributed by atoms with Crippen LogP contribution in [0.3, 0.4) is 0 Å². The molecule has 0 atom stereocenters. The first-order chi connectivity index (χ1) is 12.7. The molecule has 0 saturated carbocycles. The van der Waals surface area contributed by atoms with Crippen molar-refractivity contribution in [1.29, 1.82) is 0 Å². The highest BCUT2D eigenvalue weighted by Crippen LogP contribution is 2.24. The molecule has 2 aromatic rings. The predicted octanol–water partition coefficient (Wildman–Crippen LogP) is 3.78. The summed E-state index contributed by atoms with van der Waals surface area (Å²) in [5.74, 6) is 16.8. The Hall–Kier alpha value is -3.68. The van der Waals surface area contributed by atoms with Gasteiger partial charge in [0.1, 0.15) is 0 Å². The Bertz CT molecular complexity index is 1040. The molecule has 0 bridgehead atoms. The van der Waals surface area contributed by atoms with Gasteiger partial charge in [-0.25, -0.2) is 0 Å². The number of rotatable bonds is 2. The Morgan fingerprint density at radius 3 is 2.42 bits per heavy atom. The molecule has 1 aromatic carbocycles. The van der Waals surface area contributed by atoms with Crippen LogP contribution in [-0.4, -0.2) is 9.49 Å². The lowest BCUT2D eigenvalue weighted by molar-refractivity contribution is -0.384. The minimum absolute atomic E-state index is 0.0421. The summed E-state index contributed by atoms with van der Waals surface area (Å²) in [5, 5.41) is 10.6. The van der Waals surface area contributed by atoms with E-state index in [1.165, 1.54) is 36.2 Å². The lowest BCUT2D eigenvalue weighted by Gasteiger charge is -2.12. The first-order valence-electron chi connectivity index (χ1n) is 8.31. The van der Waals surface area contributed by atoms with Gasteiger partial charge >= 0.3 is 0 Å². The number of nitro groups is 1. The van der Waals surface area contributed by atoms with E-state index in [2.05, 4.69) is 48.2 Å². The van der Waals surface area contributed by atoms with Gasteiger partial charge < -0.3 is 4.57 Å². The topological polar surface area (TPSA) is 48.1 Å². The fourth-order valence-corrected chi connectivity index (χ4v) is 2.96. The van der Waals surface area contributed by atoms with Crippen LogP contribution < -0.4 is 0 Å². The summed E-state index contributed by atoms with van der Waals surface area (Å²) in [6.07, 6.45) is 6.39. The van der Waals surface area contributed by atoms with Gasteiger partial charge in [-0.1, -0.05) is 12.5 Å². The highest BCUT2D eigenvalue weighted by atomic mass is 16.6. The van der Waals surface area contributed by atoms with E-state index in [1.807, 2.05) is 4.57 Å². The first-order valence-corrected chi connectivity index (χ1v) is 8.31. The summed E-state index contributed by atoms with van der Waals surface area (Å²) in [5.41, 5.74) is 4.28. The van der Waals surface area contributed by atoms with E-state index in [4.69, 9.17) is 0 Å². The van der Waals surface area contributed by atoms with Gasteiger partial charge in [0.15, 0.2) is 0 Å². The molecule has 1 aliphatic carbocycles. The Morgan fingerprint density at radius 2 is 1.73 bits per heavy atom. The molecule has 0 radical (unpaired) electrons. The van der Waals surface area contributed by atoms with Crippen LogP contribution in [0.4, 0.5) is 5.69 Å². The zero-order valence-corrected chi connectivity index (χ0v) is 14.2. The molecule has 26 heavy (non-hydrogen) atoms. The van der Waals surface area contributed by atoms with Gasteiger partial charge in [-0.3, -0.25) is 10.1 Å². The average Bonchev–Trinajstić information content (AvgIpc) is 3.02. The molecule has 1 aliphatic rings. The third-order valence-corrected chi connectivity index (χ3v) is 4.19. The number of benzene rings is 1. The second-order valence-corrected chi connectivity index (χ2v) is 5.82. The van der Waals surface area contributed by atoms with Crippen molar-refractivity contribution in [3.63, 3.8) is 0 Å². The second kappa shape index (κ2) is 7.93. The number of aryl methyl sites for hydroxylation is 1. The molecule has 0 saturated heterocycles. The Balaban J connectivity index is 1.71. The van der Waals surface area contributed by atoms with Crippen LogP contribution in [-0.2, 0) is 12.8 Å². The van der Waals surface area contributed by atoms with Crippen molar-refractivity contribution in [2.24, 2.45) is 0 Å². The molecule has 0 unspecified atom stereocenters. The van der Waals surface area contributed by atoms with Crippen LogP contribution in [0, 0.1) is 45.6 Å². The molecular weight excluding hydrogens is 324 g/mol. The van der Waals surface area contributed by atoms with Crippen molar-refractivity contribution in [2.75, 3.05) is 0 Å². The first kappa shape index (κ1) is 17.2. The molecule has 4 nitrogen and oxygen atoms in total. The minimum Gasteiger partial charge on any atom is -0.314 e. The summed E-state index contributed by atoms with van der Waals surface area (Å²) in [7, 11) is 0. The van der Waals surface area contributed by atoms with E-state index in [9.17, 15) is 10.1 Å². The number of nitrogens with zero attached hydrogens (tertiary/aromatic N) is 2. The fraction of sp³-hybridized carbons (Fsp3) is 0.182. The highest BCUT2D eigenvalue weighted by Gasteiger charge is 2.15. The van der Waals surface area contributed by atoms with Gasteiger partial charge in [-0.05, 0) is 79.0 Å². The Kier molecular flexibility index (Phi) is 5.23. The highest BCUT2D eigenvalue weighted by molar-refractivity contribution is 5.49. The van der Waals surface area contributed by atoms with Gasteiger partial charge in [0.2, 0.25) is 0 Å². The maximum Gasteiger partial charge on any atom is 0.269 e. The standard InChI is InChI=1S/C22H16N2O2/c1-2-23-21(17-19-10-7-8-12-22(19)23)11-6-4-3-5-9-18-13-15-20(16-14-18)24(25)26/h2,13-17H,1,7-8,10,12H2. The summed E-state index contributed by atoms with van der Waals surface area (Å²) >= 11 is 0. The van der Waals surface area contributed by atoms with Gasteiger partial charge in [0.05, 0.1) is 10.6 Å². The van der Waals surface area contributed by atoms with Crippen LogP contribution in [0.1, 0.15) is 35.4 Å². The van der Waals surface area contributed by atoms with Gasteiger partial charge in [0, 0.05) is 29.6 Å². The fourth-order valence-electron chi connectivity index (χ4n) is 2.96. The van der Waals surface area contributed by atoms with Crippen molar-refractivity contribution in [3.8, 4) is 35.5 Å². The number of hydrogen-bond donors (Lipinski definition) is 0. The molecule has 0 aliphatic heterocycles. The van der Waals surface area contributed by atoms with Crippen LogP contribution in [0.5, 0.6) is 0 Å². The number of nitro benzene ring substituents is 1. The molecular formula is C22H16N2O2. The summed E-state index contributed by atoms with van der Waals surface area (Å²) < 4.78 is 2.05. The molecule has 3 rings (SSSR count). The lowest BCUT2D eigenvalue weighted by Crippen LogP contribution is -2.04. The molecule has 0 spiro atoms. The zero-order chi connectivity index (χ0) is 18.4. The molecule has 0 N–H and O–H groups in total. The van der Waals surface area contributed by atoms with Crippen molar-refractivity contribution in [3.05, 3.63) is 69.5 Å². The van der Waals surface area contributed by atoms with E-state index in [0.717, 1.165) is 18.5 Å². The molecule has 1 heterocycles. The SMILES string of the molecule is C=Cn1c(C#CC#CC#Cc2ccc([N+](=O)[O-])cc2)cc2c1CCCC2. The van der Waals surface area contributed by atoms with E-state index in [-0.39, 0.29) is 5.69 Å². The van der Waals surface area contributed by atoms with Crippen molar-refractivity contribution in [1.82, 2.24) is 4.57 Å². The van der Waals surface area contributed by atoms with Gasteiger partial charge in [-0.15, -0.1) is 0 Å². The molecule has 126 valence electrons. The molecule has 1 aromatic heterocycles. The summed E-state index contributed by atoms with van der Waals surface area (Å²) in [6, 6.07) is 8.15. The van der Waals surface area contributed by atoms with Crippen LogP contribution in [0.15, 0.2) is 36.9 Å². The van der Waals surface area contributed by atoms with Crippen LogP contribution in [0.2, 0.25) is 0 Å². The Labute approximate surface area is 152 Å². The smallest absolute Gasteiger partial charge is 0.269 e. The van der Waals surface area contributed by atoms with E-state index >= 15 is 0 Å². The monoisotopic (exact) mass is 340 g/mol. The quantitative estimate of drug-likeness (QED) is 0.474. The number of aromatic nitrogens is 1. The van der Waals surface area contributed by atoms with Crippen LogP contribution >= 0.6 is 0 Å². The van der Waals surface area contributed by atoms with Crippen molar-refractivity contribution >= 4 is 11.9 Å². The predicted molar refractivity (Wildman–Crippen MR) is 102 cm³/mol. The number of hydrogen-bond acceptors (Lipinski definition) is 2. The number of non-ortho nitro benzene ring substituents is 1. The van der Waals surface area contributed by atoms with Crippen LogP contribution in [0.25, 0.3) is 6.20 Å². The van der Waals surface area contributed by atoms with E-state index < -0.39 is 4.92 Å². The van der Waals surface area contributed by atoms with Crippen molar-refractivity contribution in [2.45, 2.75) is 25.7 Å². The lowest BCUT2D eigenvalue weighted by atomic mass is 9.98. The van der Waals surface area contributed by atoms with Crippen molar-refractivity contribution < 1.29 is 4.92 Å². The maximum absolute atomic E-state index is 10.6. The molecule has 4 heteroatoms. The summed E-state index contributed by atoms with van der Waals surface area (Å²) in [4.78, 5) is 10.2. The second-order valence-electron chi connectivity index (χ2n) is 5.82. The van der Waals surface area contributed by atoms with E-state index in [1.54, 1.807) is 18.3 Å². The van der Waals surface area contributed by atoms with E-state index in [0.29, 0.717) is 5.56 Å². The minimum atomic E-state index is -0.441. The summed E-state index contributed by atoms with van der Waals surface area (Å²) in [6.45, 7) is 3.87. The third kappa shape index (κ3) is 3.86. The Morgan fingerprint density at radius 1 is 1.04 bits per heavy atom. The zero-order valence-electron chi connectivity index (χ0n) is 14.2. The maximum atomic E-state index is 10.6. The largest absolute Gasteiger partial charge is 0.314 e. The van der Waals surface area contributed by atoms with Gasteiger partial charge in [-0.2, -0.15) is 0 Å².